The molecule has 3 nitrogen and oxygen atoms in total. The molecule has 0 fully saturated rings. The van der Waals surface area contributed by atoms with Gasteiger partial charge in [0.05, 0.1) is 6.26 Å². The Morgan fingerprint density at radius 3 is 2.95 bits per heavy atom. The molecule has 0 aliphatic heterocycles. The molecule has 0 aliphatic carbocycles. The van der Waals surface area contributed by atoms with Crippen molar-refractivity contribution in [1.82, 2.24) is 0 Å². The molecule has 2 N–H and O–H groups in total. The first kappa shape index (κ1) is 12.3. The second kappa shape index (κ2) is 5.47. The van der Waals surface area contributed by atoms with E-state index in [-0.39, 0.29) is 6.10 Å². The van der Waals surface area contributed by atoms with Crippen LogP contribution in [0.15, 0.2) is 52.5 Å². The number of para-hydroxylation sites is 1. The lowest BCUT2D eigenvalue weighted by Crippen LogP contribution is -2.12. The van der Waals surface area contributed by atoms with Gasteiger partial charge in [0.15, 0.2) is 11.3 Å². The molecule has 0 bridgehead atoms. The van der Waals surface area contributed by atoms with Crippen molar-refractivity contribution in [3.63, 3.8) is 0 Å². The van der Waals surface area contributed by atoms with Crippen molar-refractivity contribution in [2.24, 2.45) is 5.73 Å². The Morgan fingerprint density at radius 1 is 1.21 bits per heavy atom. The molecular weight excluding hydrogens is 258 g/mol. The van der Waals surface area contributed by atoms with E-state index in [0.29, 0.717) is 6.54 Å². The molecule has 0 saturated heterocycles. The second-order valence-electron chi connectivity index (χ2n) is 4.29. The summed E-state index contributed by atoms with van der Waals surface area (Å²) in [7, 11) is 0. The average Bonchev–Trinajstić information content (AvgIpc) is 3.10. The van der Waals surface area contributed by atoms with Crippen LogP contribution in [0, 0.1) is 0 Å². The summed E-state index contributed by atoms with van der Waals surface area (Å²) in [5.41, 5.74) is 6.48. The van der Waals surface area contributed by atoms with E-state index in [2.05, 4.69) is 11.4 Å². The predicted molar refractivity (Wildman–Crippen MR) is 77.6 cm³/mol. The zero-order valence-corrected chi connectivity index (χ0v) is 11.2. The minimum Gasteiger partial charge on any atom is -0.481 e. The van der Waals surface area contributed by atoms with Gasteiger partial charge in [-0.3, -0.25) is 0 Å². The fraction of sp³-hybridized carbons (Fsp3) is 0.200. The van der Waals surface area contributed by atoms with Crippen LogP contribution < -0.4 is 10.5 Å². The van der Waals surface area contributed by atoms with Gasteiger partial charge in [-0.25, -0.2) is 0 Å². The smallest absolute Gasteiger partial charge is 0.175 e. The highest BCUT2D eigenvalue weighted by Crippen LogP contribution is 2.32. The number of thiophene rings is 1. The molecule has 0 radical (unpaired) electrons. The molecule has 1 aromatic carbocycles. The first-order valence-electron chi connectivity index (χ1n) is 6.25. The molecule has 1 unspecified atom stereocenters. The Balaban J connectivity index is 1.91. The molecule has 3 rings (SSSR count). The molecule has 1 atom stereocenters. The van der Waals surface area contributed by atoms with Crippen molar-refractivity contribution in [3.05, 3.63) is 52.9 Å². The van der Waals surface area contributed by atoms with Crippen LogP contribution in [0.3, 0.4) is 0 Å². The number of nitrogens with two attached hydrogens (primary N) is 1. The van der Waals surface area contributed by atoms with E-state index in [9.17, 15) is 0 Å². The van der Waals surface area contributed by atoms with E-state index in [4.69, 9.17) is 14.9 Å². The Labute approximate surface area is 115 Å². The molecule has 0 amide bonds. The van der Waals surface area contributed by atoms with E-state index in [1.54, 1.807) is 17.6 Å². The quantitative estimate of drug-likeness (QED) is 0.765. The SMILES string of the molecule is NCCC(Oc1cccc2ccoc12)c1cccs1. The van der Waals surface area contributed by atoms with Gasteiger partial charge in [0.1, 0.15) is 6.10 Å². The van der Waals surface area contributed by atoms with Crippen LogP contribution in [0.1, 0.15) is 17.4 Å². The Hall–Kier alpha value is -1.78. The number of fused-ring (bicyclic) bond motifs is 1. The van der Waals surface area contributed by atoms with Crippen molar-refractivity contribution >= 4 is 22.3 Å². The van der Waals surface area contributed by atoms with Gasteiger partial charge < -0.3 is 14.9 Å². The highest BCUT2D eigenvalue weighted by Gasteiger charge is 2.16. The van der Waals surface area contributed by atoms with Gasteiger partial charge in [-0.05, 0) is 30.1 Å². The molecule has 98 valence electrons. The summed E-state index contributed by atoms with van der Waals surface area (Å²) in [6, 6.07) is 12.0. The number of furan rings is 1. The summed E-state index contributed by atoms with van der Waals surface area (Å²) in [5, 5.41) is 3.10. The van der Waals surface area contributed by atoms with Crippen LogP contribution in [0.25, 0.3) is 11.0 Å². The lowest BCUT2D eigenvalue weighted by atomic mass is 10.2. The highest BCUT2D eigenvalue weighted by molar-refractivity contribution is 7.10. The van der Waals surface area contributed by atoms with Gasteiger partial charge in [0, 0.05) is 16.7 Å². The van der Waals surface area contributed by atoms with Crippen molar-refractivity contribution in [2.45, 2.75) is 12.5 Å². The molecule has 0 saturated carbocycles. The van der Waals surface area contributed by atoms with Gasteiger partial charge >= 0.3 is 0 Å². The first-order chi connectivity index (χ1) is 9.38. The highest BCUT2D eigenvalue weighted by atomic mass is 32.1. The largest absolute Gasteiger partial charge is 0.481 e. The standard InChI is InChI=1S/C15H15NO2S/c16-8-6-12(14-5-2-10-19-14)18-13-4-1-3-11-7-9-17-15(11)13/h1-5,7,9-10,12H,6,8,16H2. The van der Waals surface area contributed by atoms with E-state index in [1.165, 1.54) is 4.88 Å². The van der Waals surface area contributed by atoms with E-state index in [0.717, 1.165) is 23.1 Å². The summed E-state index contributed by atoms with van der Waals surface area (Å²) in [4.78, 5) is 1.19. The fourth-order valence-corrected chi connectivity index (χ4v) is 2.89. The van der Waals surface area contributed by atoms with Crippen molar-refractivity contribution < 1.29 is 9.15 Å². The molecular formula is C15H15NO2S. The maximum absolute atomic E-state index is 6.11. The third-order valence-corrected chi connectivity index (χ3v) is 3.97. The molecule has 4 heteroatoms. The lowest BCUT2D eigenvalue weighted by Gasteiger charge is -2.17. The van der Waals surface area contributed by atoms with Crippen LogP contribution in [0.5, 0.6) is 5.75 Å². The van der Waals surface area contributed by atoms with Crippen molar-refractivity contribution in [1.29, 1.82) is 0 Å². The van der Waals surface area contributed by atoms with E-state index < -0.39 is 0 Å². The van der Waals surface area contributed by atoms with Crippen LogP contribution in [-0.2, 0) is 0 Å². The summed E-state index contributed by atoms with van der Waals surface area (Å²) in [6.07, 6.45) is 2.46. The normalized spacial score (nSPS) is 12.7. The number of hydrogen-bond acceptors (Lipinski definition) is 4. The summed E-state index contributed by atoms with van der Waals surface area (Å²) >= 11 is 1.69. The summed E-state index contributed by atoms with van der Waals surface area (Å²) < 4.78 is 11.6. The third-order valence-electron chi connectivity index (χ3n) is 3.00. The molecule has 2 heterocycles. The van der Waals surface area contributed by atoms with Gasteiger partial charge in [-0.1, -0.05) is 18.2 Å². The number of ether oxygens (including phenoxy) is 1. The molecule has 0 spiro atoms. The predicted octanol–water partition coefficient (Wildman–Crippen LogP) is 3.96. The van der Waals surface area contributed by atoms with Gasteiger partial charge in [-0.2, -0.15) is 0 Å². The van der Waals surface area contributed by atoms with Crippen LogP contribution in [0.2, 0.25) is 0 Å². The van der Waals surface area contributed by atoms with E-state index >= 15 is 0 Å². The molecule has 19 heavy (non-hydrogen) atoms. The second-order valence-corrected chi connectivity index (χ2v) is 5.27. The van der Waals surface area contributed by atoms with Gasteiger partial charge in [0.25, 0.3) is 0 Å². The maximum atomic E-state index is 6.11. The lowest BCUT2D eigenvalue weighted by molar-refractivity contribution is 0.202. The molecule has 2 aromatic heterocycles. The van der Waals surface area contributed by atoms with Crippen molar-refractivity contribution in [2.75, 3.05) is 6.54 Å². The number of hydrogen-bond donors (Lipinski definition) is 1. The van der Waals surface area contributed by atoms with Crippen LogP contribution in [0.4, 0.5) is 0 Å². The van der Waals surface area contributed by atoms with Crippen molar-refractivity contribution in [3.8, 4) is 5.75 Å². The fourth-order valence-electron chi connectivity index (χ4n) is 2.10. The van der Waals surface area contributed by atoms with Gasteiger partial charge in [-0.15, -0.1) is 11.3 Å². The van der Waals surface area contributed by atoms with Gasteiger partial charge in [0.2, 0.25) is 0 Å². The number of benzene rings is 1. The molecule has 0 aliphatic rings. The first-order valence-corrected chi connectivity index (χ1v) is 7.13. The molecule has 3 aromatic rings. The summed E-state index contributed by atoms with van der Waals surface area (Å²) in [5.74, 6) is 0.773. The minimum absolute atomic E-state index is 0.0132. The van der Waals surface area contributed by atoms with Crippen LogP contribution >= 0.6 is 11.3 Å². The third kappa shape index (κ3) is 2.50. The monoisotopic (exact) mass is 273 g/mol. The minimum atomic E-state index is -0.0132. The summed E-state index contributed by atoms with van der Waals surface area (Å²) in [6.45, 7) is 0.594. The van der Waals surface area contributed by atoms with E-state index in [1.807, 2.05) is 30.3 Å². The maximum Gasteiger partial charge on any atom is 0.175 e. The average molecular weight is 273 g/mol. The van der Waals surface area contributed by atoms with Crippen LogP contribution in [-0.4, -0.2) is 6.54 Å². The topological polar surface area (TPSA) is 48.4 Å². The number of rotatable bonds is 5. The Bertz CT molecular complexity index is 645. The Morgan fingerprint density at radius 2 is 2.16 bits per heavy atom. The Kier molecular flexibility index (Phi) is 3.53. The zero-order valence-electron chi connectivity index (χ0n) is 10.4. The zero-order chi connectivity index (χ0) is 13.1.